The summed E-state index contributed by atoms with van der Waals surface area (Å²) in [6, 6.07) is 8.98. The highest BCUT2D eigenvalue weighted by Gasteiger charge is 2.43. The molecule has 28 heavy (non-hydrogen) atoms. The number of benzene rings is 1. The molecular weight excluding hydrogens is 358 g/mol. The van der Waals surface area contributed by atoms with Crippen molar-refractivity contribution in [2.45, 2.75) is 57.3 Å². The molecule has 2 aliphatic rings. The predicted octanol–water partition coefficient (Wildman–Crippen LogP) is 1.05. The third kappa shape index (κ3) is 5.22. The van der Waals surface area contributed by atoms with Crippen molar-refractivity contribution in [2.24, 2.45) is 0 Å². The number of carbonyl (C=O) groups excluding carboxylic acids is 3. The van der Waals surface area contributed by atoms with E-state index in [-0.39, 0.29) is 42.0 Å². The topological polar surface area (TPSA) is 103 Å². The highest BCUT2D eigenvalue weighted by Crippen LogP contribution is 2.26. The second-order valence-electron chi connectivity index (χ2n) is 7.77. The highest BCUT2D eigenvalue weighted by atomic mass is 16.2. The largest absolute Gasteiger partial charge is 0.353 e. The summed E-state index contributed by atoms with van der Waals surface area (Å²) in [5, 5.41) is 11.6. The molecule has 2 aliphatic heterocycles. The number of piperazine rings is 1. The van der Waals surface area contributed by atoms with Gasteiger partial charge in [0.2, 0.25) is 11.8 Å². The molecule has 152 valence electrons. The number of rotatable bonds is 6. The van der Waals surface area contributed by atoms with Crippen molar-refractivity contribution < 1.29 is 14.4 Å². The fraction of sp³-hybridized carbons (Fsp3) is 0.550. The molecule has 4 N–H and O–H groups in total. The molecule has 0 spiro atoms. The SMILES string of the molecule is CC(C)NC(=O)NC1CC2C(=O)NCC(CCC(=O)Nc3ccccc3)N2C1. The van der Waals surface area contributed by atoms with Gasteiger partial charge in [-0.05, 0) is 38.8 Å². The lowest BCUT2D eigenvalue weighted by Gasteiger charge is -2.37. The lowest BCUT2D eigenvalue weighted by Crippen LogP contribution is -2.58. The Labute approximate surface area is 165 Å². The van der Waals surface area contributed by atoms with E-state index in [4.69, 9.17) is 0 Å². The molecule has 2 heterocycles. The van der Waals surface area contributed by atoms with Crippen LogP contribution in [-0.4, -0.2) is 60.0 Å². The quantitative estimate of drug-likeness (QED) is 0.586. The van der Waals surface area contributed by atoms with Gasteiger partial charge in [0.25, 0.3) is 0 Å². The summed E-state index contributed by atoms with van der Waals surface area (Å²) in [5.74, 6) is -0.0385. The molecule has 0 radical (unpaired) electrons. The molecule has 1 aromatic rings. The molecule has 0 aromatic heterocycles. The minimum absolute atomic E-state index is 0.00134. The minimum Gasteiger partial charge on any atom is -0.353 e. The summed E-state index contributed by atoms with van der Waals surface area (Å²) < 4.78 is 0. The first-order valence-electron chi connectivity index (χ1n) is 9.87. The molecule has 8 heteroatoms. The molecular formula is C20H29N5O3. The Kier molecular flexibility index (Phi) is 6.51. The van der Waals surface area contributed by atoms with E-state index in [1.165, 1.54) is 0 Å². The van der Waals surface area contributed by atoms with Gasteiger partial charge in [0, 0.05) is 43.3 Å². The molecule has 3 rings (SSSR count). The molecule has 1 aromatic carbocycles. The van der Waals surface area contributed by atoms with Gasteiger partial charge in [0.1, 0.15) is 0 Å². The fourth-order valence-corrected chi connectivity index (χ4v) is 3.88. The van der Waals surface area contributed by atoms with E-state index < -0.39 is 0 Å². The molecule has 3 atom stereocenters. The van der Waals surface area contributed by atoms with Gasteiger partial charge < -0.3 is 21.3 Å². The van der Waals surface area contributed by atoms with E-state index >= 15 is 0 Å². The Balaban J connectivity index is 1.52. The Morgan fingerprint density at radius 1 is 1.25 bits per heavy atom. The van der Waals surface area contributed by atoms with Gasteiger partial charge in [0.05, 0.1) is 6.04 Å². The maximum atomic E-state index is 12.2. The predicted molar refractivity (Wildman–Crippen MR) is 107 cm³/mol. The van der Waals surface area contributed by atoms with Crippen molar-refractivity contribution in [3.05, 3.63) is 30.3 Å². The second-order valence-corrected chi connectivity index (χ2v) is 7.77. The summed E-state index contributed by atoms with van der Waals surface area (Å²) in [6.45, 7) is 4.95. The zero-order valence-electron chi connectivity index (χ0n) is 16.4. The zero-order valence-corrected chi connectivity index (χ0v) is 16.4. The summed E-state index contributed by atoms with van der Waals surface area (Å²) in [7, 11) is 0. The van der Waals surface area contributed by atoms with Crippen molar-refractivity contribution in [2.75, 3.05) is 18.4 Å². The number of urea groups is 1. The second kappa shape index (κ2) is 9.05. The van der Waals surface area contributed by atoms with Crippen LogP contribution in [0.15, 0.2) is 30.3 Å². The van der Waals surface area contributed by atoms with Gasteiger partial charge in [0.15, 0.2) is 0 Å². The minimum atomic E-state index is -0.250. The Morgan fingerprint density at radius 2 is 2.00 bits per heavy atom. The molecule has 0 aliphatic carbocycles. The van der Waals surface area contributed by atoms with Gasteiger partial charge in [-0.1, -0.05) is 18.2 Å². The van der Waals surface area contributed by atoms with Crippen molar-refractivity contribution in [1.82, 2.24) is 20.9 Å². The van der Waals surface area contributed by atoms with Crippen molar-refractivity contribution in [3.8, 4) is 0 Å². The Morgan fingerprint density at radius 3 is 2.71 bits per heavy atom. The molecule has 8 nitrogen and oxygen atoms in total. The monoisotopic (exact) mass is 387 g/mol. The maximum absolute atomic E-state index is 12.2. The Hall–Kier alpha value is -2.61. The standard InChI is InChI=1S/C20H29N5O3/c1-13(2)22-20(28)24-15-10-17-19(27)21-11-16(25(17)12-15)8-9-18(26)23-14-6-4-3-5-7-14/h3-7,13,15-17H,8-12H2,1-2H3,(H,21,27)(H,23,26)(H2,22,24,28). The molecule has 2 saturated heterocycles. The first kappa shape index (κ1) is 20.1. The number of anilines is 1. The van der Waals surface area contributed by atoms with Crippen molar-refractivity contribution >= 4 is 23.5 Å². The summed E-state index contributed by atoms with van der Waals surface area (Å²) >= 11 is 0. The molecule has 3 unspecified atom stereocenters. The number of amides is 4. The van der Waals surface area contributed by atoms with Gasteiger partial charge in [-0.25, -0.2) is 4.79 Å². The van der Waals surface area contributed by atoms with Crippen LogP contribution in [0.3, 0.4) is 0 Å². The van der Waals surface area contributed by atoms with E-state index in [1.54, 1.807) is 0 Å². The van der Waals surface area contributed by atoms with Gasteiger partial charge >= 0.3 is 6.03 Å². The van der Waals surface area contributed by atoms with Gasteiger partial charge in [-0.15, -0.1) is 0 Å². The maximum Gasteiger partial charge on any atom is 0.315 e. The van der Waals surface area contributed by atoms with Crippen LogP contribution in [0.25, 0.3) is 0 Å². The number of para-hydroxylation sites is 1. The normalized spacial score (nSPS) is 24.4. The number of nitrogens with zero attached hydrogens (tertiary/aromatic N) is 1. The summed E-state index contributed by atoms with van der Waals surface area (Å²) in [6.07, 6.45) is 1.62. The van der Waals surface area contributed by atoms with Gasteiger partial charge in [-0.3, -0.25) is 14.5 Å². The van der Waals surface area contributed by atoms with E-state index in [9.17, 15) is 14.4 Å². The molecule has 0 saturated carbocycles. The lowest BCUT2D eigenvalue weighted by atomic mass is 10.0. The van der Waals surface area contributed by atoms with Crippen LogP contribution in [0.5, 0.6) is 0 Å². The first-order valence-corrected chi connectivity index (χ1v) is 9.87. The van der Waals surface area contributed by atoms with Crippen LogP contribution in [0, 0.1) is 0 Å². The summed E-state index contributed by atoms with van der Waals surface area (Å²) in [4.78, 5) is 38.6. The number of fused-ring (bicyclic) bond motifs is 1. The van der Waals surface area contributed by atoms with Crippen molar-refractivity contribution in [1.29, 1.82) is 0 Å². The number of hydrogen-bond acceptors (Lipinski definition) is 4. The van der Waals surface area contributed by atoms with Crippen LogP contribution >= 0.6 is 0 Å². The van der Waals surface area contributed by atoms with Crippen LogP contribution in [-0.2, 0) is 9.59 Å². The smallest absolute Gasteiger partial charge is 0.315 e. The molecule has 2 fully saturated rings. The third-order valence-electron chi connectivity index (χ3n) is 5.14. The lowest BCUT2D eigenvalue weighted by molar-refractivity contribution is -0.129. The summed E-state index contributed by atoms with van der Waals surface area (Å²) in [5.41, 5.74) is 0.781. The van der Waals surface area contributed by atoms with Crippen LogP contribution in [0.1, 0.15) is 33.1 Å². The third-order valence-corrected chi connectivity index (χ3v) is 5.14. The number of nitrogens with one attached hydrogen (secondary N) is 4. The van der Waals surface area contributed by atoms with Crippen LogP contribution < -0.4 is 21.3 Å². The Bertz CT molecular complexity index is 709. The average molecular weight is 387 g/mol. The van der Waals surface area contributed by atoms with Crippen LogP contribution in [0.4, 0.5) is 10.5 Å². The molecule has 4 amide bonds. The van der Waals surface area contributed by atoms with Gasteiger partial charge in [-0.2, -0.15) is 0 Å². The number of hydrogen-bond donors (Lipinski definition) is 4. The zero-order chi connectivity index (χ0) is 20.1. The van der Waals surface area contributed by atoms with E-state index in [1.807, 2.05) is 44.2 Å². The van der Waals surface area contributed by atoms with Crippen molar-refractivity contribution in [3.63, 3.8) is 0 Å². The van der Waals surface area contributed by atoms with Crippen LogP contribution in [0.2, 0.25) is 0 Å². The molecule has 0 bridgehead atoms. The first-order chi connectivity index (χ1) is 13.4. The fourth-order valence-electron chi connectivity index (χ4n) is 3.88. The average Bonchev–Trinajstić information content (AvgIpc) is 3.06. The highest BCUT2D eigenvalue weighted by molar-refractivity contribution is 5.90. The number of carbonyl (C=O) groups is 3. The van der Waals surface area contributed by atoms with E-state index in [0.717, 1.165) is 5.69 Å². The van der Waals surface area contributed by atoms with E-state index in [2.05, 4.69) is 26.2 Å². The van der Waals surface area contributed by atoms with E-state index in [0.29, 0.717) is 32.4 Å².